The summed E-state index contributed by atoms with van der Waals surface area (Å²) < 4.78 is 3.10. The summed E-state index contributed by atoms with van der Waals surface area (Å²) in [7, 11) is 0. The molecule has 2 aromatic heterocycles. The van der Waals surface area contributed by atoms with E-state index in [9.17, 15) is 4.79 Å². The number of aryl methyl sites for hydroxylation is 1. The second-order valence-corrected chi connectivity index (χ2v) is 4.18. The fourth-order valence-corrected chi connectivity index (χ4v) is 1.88. The van der Waals surface area contributed by atoms with Crippen LogP contribution in [-0.4, -0.2) is 26.8 Å². The zero-order chi connectivity index (χ0) is 12.3. The first-order valence-corrected chi connectivity index (χ1v) is 6.00. The van der Waals surface area contributed by atoms with Crippen LogP contribution in [0.4, 0.5) is 0 Å². The lowest BCUT2D eigenvalue weighted by Crippen LogP contribution is -2.29. The van der Waals surface area contributed by atoms with Crippen molar-refractivity contribution in [2.24, 2.45) is 0 Å². The summed E-state index contributed by atoms with van der Waals surface area (Å²) in [5, 5.41) is 7.60. The zero-order valence-corrected chi connectivity index (χ0v) is 10.3. The number of rotatable bonds is 5. The van der Waals surface area contributed by atoms with Crippen LogP contribution in [0.15, 0.2) is 29.2 Å². The van der Waals surface area contributed by atoms with E-state index >= 15 is 0 Å². The van der Waals surface area contributed by atoms with Gasteiger partial charge < -0.3 is 5.32 Å². The van der Waals surface area contributed by atoms with Crippen molar-refractivity contribution in [2.75, 3.05) is 6.54 Å². The lowest BCUT2D eigenvalue weighted by Gasteiger charge is -2.10. The quantitative estimate of drug-likeness (QED) is 0.835. The van der Waals surface area contributed by atoms with Gasteiger partial charge in [0.1, 0.15) is 0 Å². The molecule has 0 aliphatic rings. The van der Waals surface area contributed by atoms with Gasteiger partial charge in [-0.05, 0) is 32.0 Å². The Morgan fingerprint density at radius 2 is 2.29 bits per heavy atom. The van der Waals surface area contributed by atoms with Crippen LogP contribution in [0.1, 0.15) is 20.3 Å². The minimum Gasteiger partial charge on any atom is -0.314 e. The number of pyridine rings is 1. The molecule has 0 saturated heterocycles. The highest BCUT2D eigenvalue weighted by atomic mass is 16.2. The van der Waals surface area contributed by atoms with Gasteiger partial charge in [0.25, 0.3) is 0 Å². The Morgan fingerprint density at radius 1 is 1.47 bits per heavy atom. The first kappa shape index (κ1) is 11.9. The largest absolute Gasteiger partial charge is 0.350 e. The van der Waals surface area contributed by atoms with Crippen molar-refractivity contribution >= 4 is 5.65 Å². The van der Waals surface area contributed by atoms with E-state index in [0.29, 0.717) is 18.2 Å². The number of hydrogen-bond acceptors (Lipinski definition) is 3. The van der Waals surface area contributed by atoms with E-state index in [1.165, 1.54) is 4.68 Å². The summed E-state index contributed by atoms with van der Waals surface area (Å²) in [5.41, 5.74) is 0.637. The van der Waals surface area contributed by atoms with Gasteiger partial charge in [0, 0.05) is 18.8 Å². The number of nitrogens with zero attached hydrogens (tertiary/aromatic N) is 3. The van der Waals surface area contributed by atoms with Gasteiger partial charge in [-0.25, -0.2) is 9.48 Å². The van der Waals surface area contributed by atoms with Gasteiger partial charge in [0.15, 0.2) is 5.65 Å². The number of nitrogens with one attached hydrogen (secondary N) is 1. The molecule has 17 heavy (non-hydrogen) atoms. The Bertz CT molecular complexity index is 543. The predicted molar refractivity (Wildman–Crippen MR) is 67.2 cm³/mol. The molecule has 1 N–H and O–H groups in total. The molecule has 0 radical (unpaired) electrons. The number of aromatic nitrogens is 3. The third kappa shape index (κ3) is 2.55. The predicted octanol–water partition coefficient (Wildman–Crippen LogP) is 0.884. The highest BCUT2D eigenvalue weighted by molar-refractivity contribution is 5.35. The fraction of sp³-hybridized carbons (Fsp3) is 0.500. The molecule has 0 aromatic carbocycles. The van der Waals surface area contributed by atoms with Gasteiger partial charge in [-0.2, -0.15) is 0 Å². The molecule has 2 rings (SSSR count). The molecule has 0 aliphatic carbocycles. The molecule has 0 aliphatic heterocycles. The topological polar surface area (TPSA) is 51.3 Å². The molecule has 2 heterocycles. The Labute approximate surface area is 100 Å². The van der Waals surface area contributed by atoms with Crippen LogP contribution in [0.5, 0.6) is 0 Å². The fourth-order valence-electron chi connectivity index (χ4n) is 1.88. The maximum atomic E-state index is 11.9. The standard InChI is InChI=1S/C12H18N4O/c1-3-13-10(2)7-9-16-12(17)15-8-5-4-6-11(15)14-16/h4-6,8,10,13H,3,7,9H2,1-2H3. The van der Waals surface area contributed by atoms with Crippen LogP contribution in [0, 0.1) is 0 Å². The van der Waals surface area contributed by atoms with E-state index in [1.807, 2.05) is 18.2 Å². The zero-order valence-electron chi connectivity index (χ0n) is 10.3. The average Bonchev–Trinajstić information content (AvgIpc) is 2.65. The molecule has 0 amide bonds. The van der Waals surface area contributed by atoms with Gasteiger partial charge >= 0.3 is 5.69 Å². The monoisotopic (exact) mass is 234 g/mol. The van der Waals surface area contributed by atoms with Gasteiger partial charge in [0.05, 0.1) is 0 Å². The van der Waals surface area contributed by atoms with Crippen molar-refractivity contribution < 1.29 is 0 Å². The van der Waals surface area contributed by atoms with E-state index in [4.69, 9.17) is 0 Å². The van der Waals surface area contributed by atoms with Gasteiger partial charge in [0.2, 0.25) is 0 Å². The summed E-state index contributed by atoms with van der Waals surface area (Å²) in [6.45, 7) is 5.79. The molecule has 2 aromatic rings. The van der Waals surface area contributed by atoms with Gasteiger partial charge in [-0.15, -0.1) is 5.10 Å². The van der Waals surface area contributed by atoms with Crippen molar-refractivity contribution in [1.29, 1.82) is 0 Å². The summed E-state index contributed by atoms with van der Waals surface area (Å²) in [6.07, 6.45) is 2.65. The van der Waals surface area contributed by atoms with E-state index in [0.717, 1.165) is 13.0 Å². The van der Waals surface area contributed by atoms with E-state index in [1.54, 1.807) is 10.6 Å². The van der Waals surface area contributed by atoms with Crippen LogP contribution >= 0.6 is 0 Å². The highest BCUT2D eigenvalue weighted by Crippen LogP contribution is 1.97. The highest BCUT2D eigenvalue weighted by Gasteiger charge is 2.07. The molecule has 0 saturated carbocycles. The second-order valence-electron chi connectivity index (χ2n) is 4.18. The average molecular weight is 234 g/mol. The minimum atomic E-state index is -0.0655. The lowest BCUT2D eigenvalue weighted by atomic mass is 10.2. The molecular weight excluding hydrogens is 216 g/mol. The van der Waals surface area contributed by atoms with Crippen LogP contribution in [-0.2, 0) is 6.54 Å². The van der Waals surface area contributed by atoms with Gasteiger partial charge in [-0.1, -0.05) is 13.0 Å². The lowest BCUT2D eigenvalue weighted by molar-refractivity contribution is 0.461. The minimum absolute atomic E-state index is 0.0655. The molecule has 0 bridgehead atoms. The maximum Gasteiger partial charge on any atom is 0.350 e. The summed E-state index contributed by atoms with van der Waals surface area (Å²) in [5.74, 6) is 0. The normalized spacial score (nSPS) is 13.1. The van der Waals surface area contributed by atoms with Crippen molar-refractivity contribution in [3.63, 3.8) is 0 Å². The Hall–Kier alpha value is -1.62. The van der Waals surface area contributed by atoms with Crippen LogP contribution in [0.3, 0.4) is 0 Å². The Morgan fingerprint density at radius 3 is 3.00 bits per heavy atom. The SMILES string of the molecule is CCNC(C)CCn1nc2ccccn2c1=O. The van der Waals surface area contributed by atoms with Crippen molar-refractivity contribution in [3.8, 4) is 0 Å². The molecule has 0 spiro atoms. The molecule has 1 atom stereocenters. The Balaban J connectivity index is 2.14. The second kappa shape index (κ2) is 5.14. The third-order valence-corrected chi connectivity index (χ3v) is 2.81. The summed E-state index contributed by atoms with van der Waals surface area (Å²) >= 11 is 0. The smallest absolute Gasteiger partial charge is 0.314 e. The molecule has 5 nitrogen and oxygen atoms in total. The van der Waals surface area contributed by atoms with E-state index in [2.05, 4.69) is 24.3 Å². The van der Waals surface area contributed by atoms with Crippen molar-refractivity contribution in [1.82, 2.24) is 19.5 Å². The van der Waals surface area contributed by atoms with Crippen molar-refractivity contribution in [3.05, 3.63) is 34.9 Å². The van der Waals surface area contributed by atoms with Gasteiger partial charge in [-0.3, -0.25) is 4.40 Å². The molecule has 92 valence electrons. The van der Waals surface area contributed by atoms with Crippen LogP contribution < -0.4 is 11.0 Å². The summed E-state index contributed by atoms with van der Waals surface area (Å²) in [6, 6.07) is 5.96. The summed E-state index contributed by atoms with van der Waals surface area (Å²) in [4.78, 5) is 11.9. The molecule has 5 heteroatoms. The molecule has 0 fully saturated rings. The first-order valence-electron chi connectivity index (χ1n) is 6.00. The number of hydrogen-bond donors (Lipinski definition) is 1. The Kier molecular flexibility index (Phi) is 3.58. The first-order chi connectivity index (χ1) is 8.22. The van der Waals surface area contributed by atoms with E-state index < -0.39 is 0 Å². The number of fused-ring (bicyclic) bond motifs is 1. The third-order valence-electron chi connectivity index (χ3n) is 2.81. The molecular formula is C12H18N4O. The molecule has 1 unspecified atom stereocenters. The van der Waals surface area contributed by atoms with Crippen LogP contribution in [0.25, 0.3) is 5.65 Å². The maximum absolute atomic E-state index is 11.9. The van der Waals surface area contributed by atoms with Crippen molar-refractivity contribution in [2.45, 2.75) is 32.9 Å². The van der Waals surface area contributed by atoms with E-state index in [-0.39, 0.29) is 5.69 Å². The van der Waals surface area contributed by atoms with Crippen LogP contribution in [0.2, 0.25) is 0 Å².